The minimum Gasteiger partial charge on any atom is -0.504 e. The molecule has 1 heterocycles. The maximum Gasteiger partial charge on any atom is 0.329 e. The molecule has 0 atom stereocenters. The number of phenols is 1. The van der Waals surface area contributed by atoms with E-state index in [-0.39, 0.29) is 18.0 Å². The van der Waals surface area contributed by atoms with E-state index in [1.54, 1.807) is 30.6 Å². The van der Waals surface area contributed by atoms with Gasteiger partial charge >= 0.3 is 11.8 Å². The number of hydrogen-bond donors (Lipinski definition) is 3. The maximum absolute atomic E-state index is 11.6. The highest BCUT2D eigenvalue weighted by Crippen LogP contribution is 2.25. The van der Waals surface area contributed by atoms with Gasteiger partial charge in [0.1, 0.15) is 0 Å². The Morgan fingerprint density at radius 2 is 2.17 bits per heavy atom. The molecule has 0 unspecified atom stereocenters. The Hall–Kier alpha value is -3.42. The Morgan fingerprint density at radius 1 is 1.33 bits per heavy atom. The second kappa shape index (κ2) is 8.28. The zero-order valence-corrected chi connectivity index (χ0v) is 12.9. The molecule has 3 N–H and O–H groups in total. The van der Waals surface area contributed by atoms with Crippen molar-refractivity contribution in [3.8, 4) is 11.5 Å². The zero-order chi connectivity index (χ0) is 17.4. The Balaban J connectivity index is 1.84. The number of ether oxygens (including phenoxy) is 1. The van der Waals surface area contributed by atoms with E-state index >= 15 is 0 Å². The summed E-state index contributed by atoms with van der Waals surface area (Å²) in [6, 6.07) is 8.06. The van der Waals surface area contributed by atoms with E-state index in [0.717, 1.165) is 5.56 Å². The highest BCUT2D eigenvalue weighted by Gasteiger charge is 2.11. The lowest BCUT2D eigenvalue weighted by atomic mass is 10.2. The van der Waals surface area contributed by atoms with Crippen LogP contribution in [-0.4, -0.2) is 35.2 Å². The summed E-state index contributed by atoms with van der Waals surface area (Å²) in [6.07, 6.45) is 4.54. The average Bonchev–Trinajstić information content (AvgIpc) is 2.61. The van der Waals surface area contributed by atoms with Gasteiger partial charge in [-0.1, -0.05) is 6.07 Å². The number of rotatable bonds is 5. The van der Waals surface area contributed by atoms with Crippen molar-refractivity contribution in [3.05, 3.63) is 53.9 Å². The summed E-state index contributed by atoms with van der Waals surface area (Å²) < 4.78 is 4.96. The molecule has 1 aromatic heterocycles. The normalized spacial score (nSPS) is 10.4. The number of carbonyl (C=O) groups is 2. The molecule has 0 saturated carbocycles. The van der Waals surface area contributed by atoms with Crippen molar-refractivity contribution < 1.29 is 19.4 Å². The van der Waals surface area contributed by atoms with Gasteiger partial charge in [0, 0.05) is 18.9 Å². The number of pyridine rings is 1. The number of aromatic hydroxyl groups is 1. The first-order chi connectivity index (χ1) is 11.6. The molecule has 24 heavy (non-hydrogen) atoms. The number of hydrazone groups is 1. The van der Waals surface area contributed by atoms with E-state index in [0.29, 0.717) is 5.56 Å². The summed E-state index contributed by atoms with van der Waals surface area (Å²) in [5.74, 6) is -1.42. The largest absolute Gasteiger partial charge is 0.504 e. The molecular formula is C16H16N4O4. The molecule has 2 amide bonds. The van der Waals surface area contributed by atoms with Gasteiger partial charge in [0.2, 0.25) is 0 Å². The molecule has 0 fully saturated rings. The van der Waals surface area contributed by atoms with Gasteiger partial charge in [-0.05, 0) is 35.4 Å². The molecule has 0 radical (unpaired) electrons. The zero-order valence-electron chi connectivity index (χ0n) is 12.9. The maximum atomic E-state index is 11.6. The molecular weight excluding hydrogens is 312 g/mol. The highest BCUT2D eigenvalue weighted by atomic mass is 16.5. The van der Waals surface area contributed by atoms with Gasteiger partial charge in [-0.15, -0.1) is 0 Å². The van der Waals surface area contributed by atoms with Crippen LogP contribution in [0, 0.1) is 0 Å². The van der Waals surface area contributed by atoms with Crippen molar-refractivity contribution in [2.45, 2.75) is 6.54 Å². The minimum absolute atomic E-state index is 0.00605. The Bertz CT molecular complexity index is 747. The lowest BCUT2D eigenvalue weighted by molar-refractivity contribution is -0.139. The van der Waals surface area contributed by atoms with Crippen LogP contribution >= 0.6 is 0 Å². The summed E-state index contributed by atoms with van der Waals surface area (Å²) in [7, 11) is 1.42. The van der Waals surface area contributed by atoms with E-state index in [1.165, 1.54) is 25.5 Å². The van der Waals surface area contributed by atoms with E-state index in [2.05, 4.69) is 20.8 Å². The van der Waals surface area contributed by atoms with Gasteiger partial charge in [-0.25, -0.2) is 5.43 Å². The second-order valence-electron chi connectivity index (χ2n) is 4.67. The smallest absolute Gasteiger partial charge is 0.329 e. The van der Waals surface area contributed by atoms with Crippen molar-refractivity contribution in [1.82, 2.24) is 15.7 Å². The molecule has 124 valence electrons. The number of amides is 2. The fourth-order valence-corrected chi connectivity index (χ4v) is 1.76. The van der Waals surface area contributed by atoms with Crippen LogP contribution in [0.5, 0.6) is 11.5 Å². The molecule has 2 rings (SSSR count). The molecule has 1 aromatic carbocycles. The first-order valence-electron chi connectivity index (χ1n) is 6.97. The summed E-state index contributed by atoms with van der Waals surface area (Å²) >= 11 is 0. The molecule has 0 saturated heterocycles. The van der Waals surface area contributed by atoms with Crippen LogP contribution in [0.15, 0.2) is 47.8 Å². The van der Waals surface area contributed by atoms with E-state index < -0.39 is 11.8 Å². The third-order valence-corrected chi connectivity index (χ3v) is 2.97. The SMILES string of the molecule is COc1cc(/C=N\NC(=O)C(=O)NCc2cccnc2)ccc1O. The van der Waals surface area contributed by atoms with Crippen LogP contribution in [0.2, 0.25) is 0 Å². The monoisotopic (exact) mass is 328 g/mol. The lowest BCUT2D eigenvalue weighted by Crippen LogP contribution is -2.37. The van der Waals surface area contributed by atoms with Crippen LogP contribution in [0.1, 0.15) is 11.1 Å². The van der Waals surface area contributed by atoms with Crippen molar-refractivity contribution in [2.24, 2.45) is 5.10 Å². The van der Waals surface area contributed by atoms with E-state index in [9.17, 15) is 14.7 Å². The minimum atomic E-state index is -0.888. The van der Waals surface area contributed by atoms with Crippen molar-refractivity contribution in [1.29, 1.82) is 0 Å². The first-order valence-corrected chi connectivity index (χ1v) is 6.97. The van der Waals surface area contributed by atoms with E-state index in [4.69, 9.17) is 4.74 Å². The van der Waals surface area contributed by atoms with Crippen LogP contribution in [-0.2, 0) is 16.1 Å². The van der Waals surface area contributed by atoms with Gasteiger partial charge in [0.05, 0.1) is 13.3 Å². The third-order valence-electron chi connectivity index (χ3n) is 2.97. The van der Waals surface area contributed by atoms with Gasteiger partial charge < -0.3 is 15.2 Å². The first kappa shape index (κ1) is 16.9. The fraction of sp³-hybridized carbons (Fsp3) is 0.125. The topological polar surface area (TPSA) is 113 Å². The molecule has 0 bridgehead atoms. The van der Waals surface area contributed by atoms with Crippen LogP contribution in [0.4, 0.5) is 0 Å². The van der Waals surface area contributed by atoms with E-state index in [1.807, 2.05) is 0 Å². The van der Waals surface area contributed by atoms with Crippen LogP contribution in [0.3, 0.4) is 0 Å². The number of methoxy groups -OCH3 is 1. The highest BCUT2D eigenvalue weighted by molar-refractivity contribution is 6.35. The van der Waals surface area contributed by atoms with Gasteiger partial charge in [-0.3, -0.25) is 14.6 Å². The molecule has 8 heteroatoms. The summed E-state index contributed by atoms with van der Waals surface area (Å²) in [4.78, 5) is 27.2. The van der Waals surface area contributed by atoms with Gasteiger partial charge in [0.15, 0.2) is 11.5 Å². The van der Waals surface area contributed by atoms with Crippen LogP contribution < -0.4 is 15.5 Å². The van der Waals surface area contributed by atoms with Crippen molar-refractivity contribution in [3.63, 3.8) is 0 Å². The van der Waals surface area contributed by atoms with Gasteiger partial charge in [-0.2, -0.15) is 5.10 Å². The quantitative estimate of drug-likeness (QED) is 0.422. The van der Waals surface area contributed by atoms with Crippen LogP contribution in [0.25, 0.3) is 0 Å². The number of phenolic OH excluding ortho intramolecular Hbond substituents is 1. The molecule has 0 aliphatic carbocycles. The Morgan fingerprint density at radius 3 is 2.88 bits per heavy atom. The number of aromatic nitrogens is 1. The predicted molar refractivity (Wildman–Crippen MR) is 86.5 cm³/mol. The van der Waals surface area contributed by atoms with Crippen molar-refractivity contribution in [2.75, 3.05) is 7.11 Å². The number of nitrogens with zero attached hydrogens (tertiary/aromatic N) is 2. The van der Waals surface area contributed by atoms with Gasteiger partial charge in [0.25, 0.3) is 0 Å². The number of benzene rings is 1. The summed E-state index contributed by atoms with van der Waals surface area (Å²) in [5, 5.41) is 15.6. The molecule has 0 spiro atoms. The molecule has 0 aliphatic heterocycles. The molecule has 8 nitrogen and oxygen atoms in total. The summed E-state index contributed by atoms with van der Waals surface area (Å²) in [6.45, 7) is 0.193. The number of hydrogen-bond acceptors (Lipinski definition) is 6. The third kappa shape index (κ3) is 4.80. The number of carbonyl (C=O) groups excluding carboxylic acids is 2. The lowest BCUT2D eigenvalue weighted by Gasteiger charge is -2.04. The standard InChI is InChI=1S/C16H16N4O4/c1-24-14-7-11(4-5-13(14)21)10-19-20-16(23)15(22)18-9-12-3-2-6-17-8-12/h2-8,10,21H,9H2,1H3,(H,18,22)(H,20,23)/b19-10-. The Kier molecular flexibility index (Phi) is 5.84. The molecule has 0 aliphatic rings. The Labute approximate surface area is 138 Å². The predicted octanol–water partition coefficient (Wildman–Crippen LogP) is 0.562. The number of nitrogens with one attached hydrogen (secondary N) is 2. The average molecular weight is 328 g/mol. The molecule has 2 aromatic rings. The second-order valence-corrected chi connectivity index (χ2v) is 4.67. The van der Waals surface area contributed by atoms with Crippen molar-refractivity contribution >= 4 is 18.0 Å². The summed E-state index contributed by atoms with van der Waals surface area (Å²) in [5.41, 5.74) is 3.48. The fourth-order valence-electron chi connectivity index (χ4n) is 1.76.